The molecule has 3 heteroatoms. The van der Waals surface area contributed by atoms with E-state index in [9.17, 15) is 4.79 Å². The van der Waals surface area contributed by atoms with E-state index in [4.69, 9.17) is 4.43 Å². The van der Waals surface area contributed by atoms with Gasteiger partial charge in [0.2, 0.25) is 0 Å². The van der Waals surface area contributed by atoms with Crippen LogP contribution in [0.25, 0.3) is 0 Å². The average molecular weight is 365 g/mol. The Morgan fingerprint density at radius 2 is 1.50 bits per heavy atom. The first-order valence-electron chi connectivity index (χ1n) is 9.42. The summed E-state index contributed by atoms with van der Waals surface area (Å²) in [6, 6.07) is 21.3. The van der Waals surface area contributed by atoms with Crippen LogP contribution in [0, 0.1) is 0 Å². The number of benzene rings is 2. The third-order valence-corrected chi connectivity index (χ3v) is 10.3. The van der Waals surface area contributed by atoms with Gasteiger partial charge in [-0.3, -0.25) is 4.79 Å². The Morgan fingerprint density at radius 3 is 1.96 bits per heavy atom. The van der Waals surface area contributed by atoms with E-state index in [1.807, 2.05) is 0 Å². The van der Waals surface area contributed by atoms with Crippen LogP contribution in [0.2, 0.25) is 5.04 Å². The number of aldehydes is 1. The Labute approximate surface area is 158 Å². The molecule has 0 saturated carbocycles. The molecular formula is C23H28O2Si. The van der Waals surface area contributed by atoms with Crippen LogP contribution in [-0.2, 0) is 9.22 Å². The fourth-order valence-corrected chi connectivity index (χ4v) is 8.68. The van der Waals surface area contributed by atoms with E-state index < -0.39 is 8.32 Å². The van der Waals surface area contributed by atoms with E-state index in [-0.39, 0.29) is 11.1 Å². The predicted molar refractivity (Wildman–Crippen MR) is 110 cm³/mol. The summed E-state index contributed by atoms with van der Waals surface area (Å²) in [4.78, 5) is 11.3. The number of hydrogen-bond acceptors (Lipinski definition) is 2. The second kappa shape index (κ2) is 7.73. The maximum absolute atomic E-state index is 11.3. The predicted octanol–water partition coefficient (Wildman–Crippen LogP) is 4.24. The lowest BCUT2D eigenvalue weighted by molar-refractivity contribution is -0.105. The largest absolute Gasteiger partial charge is 0.401 e. The maximum atomic E-state index is 11.3. The highest BCUT2D eigenvalue weighted by Crippen LogP contribution is 2.38. The summed E-state index contributed by atoms with van der Waals surface area (Å²) in [6.07, 6.45) is 5.88. The van der Waals surface area contributed by atoms with Crippen LogP contribution < -0.4 is 10.4 Å². The highest BCUT2D eigenvalue weighted by molar-refractivity contribution is 6.99. The summed E-state index contributed by atoms with van der Waals surface area (Å²) in [5.41, 5.74) is 0.874. The van der Waals surface area contributed by atoms with Crippen molar-refractivity contribution in [2.24, 2.45) is 0 Å². The third-order valence-electron chi connectivity index (χ3n) is 5.25. The first-order chi connectivity index (χ1) is 12.5. The molecule has 2 nitrogen and oxygen atoms in total. The zero-order chi connectivity index (χ0) is 18.6. The van der Waals surface area contributed by atoms with E-state index in [2.05, 4.69) is 87.5 Å². The van der Waals surface area contributed by atoms with Crippen molar-refractivity contribution in [2.75, 3.05) is 0 Å². The monoisotopic (exact) mass is 364 g/mol. The highest BCUT2D eigenvalue weighted by atomic mass is 28.4. The van der Waals surface area contributed by atoms with Gasteiger partial charge >= 0.3 is 0 Å². The van der Waals surface area contributed by atoms with Crippen LogP contribution >= 0.6 is 0 Å². The standard InChI is InChI=1S/C23H28O2Si/c1-23(2,3)26(21-13-6-4-7-14-21,22-15-8-5-9-16-22)25-20-12-10-11-19(17-20)18-24/h4-9,13-18,20H,10-12H2,1-3H3/t20-/m0/s1. The summed E-state index contributed by atoms with van der Waals surface area (Å²) in [7, 11) is -2.54. The van der Waals surface area contributed by atoms with Gasteiger partial charge in [0.05, 0.1) is 6.10 Å². The average Bonchev–Trinajstić information content (AvgIpc) is 2.66. The van der Waals surface area contributed by atoms with Crippen LogP contribution in [0.15, 0.2) is 72.3 Å². The van der Waals surface area contributed by atoms with Crippen LogP contribution in [-0.4, -0.2) is 20.7 Å². The van der Waals surface area contributed by atoms with Crippen molar-refractivity contribution in [2.45, 2.75) is 51.2 Å². The summed E-state index contributed by atoms with van der Waals surface area (Å²) < 4.78 is 7.05. The molecule has 0 saturated heterocycles. The number of rotatable bonds is 5. The summed E-state index contributed by atoms with van der Waals surface area (Å²) in [6.45, 7) is 6.85. The van der Waals surface area contributed by atoms with Crippen LogP contribution in [0.1, 0.15) is 40.0 Å². The zero-order valence-electron chi connectivity index (χ0n) is 15.9. The van der Waals surface area contributed by atoms with E-state index in [0.717, 1.165) is 31.1 Å². The molecule has 26 heavy (non-hydrogen) atoms. The van der Waals surface area contributed by atoms with Gasteiger partial charge in [-0.15, -0.1) is 0 Å². The first kappa shape index (κ1) is 18.8. The molecule has 0 bridgehead atoms. The molecule has 2 aromatic carbocycles. The summed E-state index contributed by atoms with van der Waals surface area (Å²) in [5.74, 6) is 0. The third kappa shape index (κ3) is 3.60. The molecule has 0 heterocycles. The molecular weight excluding hydrogens is 336 g/mol. The molecule has 3 rings (SSSR count). The summed E-state index contributed by atoms with van der Waals surface area (Å²) >= 11 is 0. The normalized spacial score (nSPS) is 18.3. The van der Waals surface area contributed by atoms with Crippen LogP contribution in [0.5, 0.6) is 0 Å². The molecule has 136 valence electrons. The van der Waals surface area contributed by atoms with Gasteiger partial charge in [0.1, 0.15) is 6.29 Å². The van der Waals surface area contributed by atoms with Gasteiger partial charge in [0.15, 0.2) is 0 Å². The smallest absolute Gasteiger partial charge is 0.261 e. The van der Waals surface area contributed by atoms with Gasteiger partial charge in [-0.1, -0.05) is 87.5 Å². The molecule has 0 N–H and O–H groups in total. The highest BCUT2D eigenvalue weighted by Gasteiger charge is 2.51. The molecule has 2 aromatic rings. The number of carbonyl (C=O) groups is 1. The molecule has 0 radical (unpaired) electrons. The lowest BCUT2D eigenvalue weighted by Gasteiger charge is -2.45. The molecule has 0 unspecified atom stereocenters. The van der Waals surface area contributed by atoms with Gasteiger partial charge in [0, 0.05) is 0 Å². The Hall–Kier alpha value is -1.97. The lowest BCUT2D eigenvalue weighted by Crippen LogP contribution is -2.67. The second-order valence-electron chi connectivity index (χ2n) is 8.07. The van der Waals surface area contributed by atoms with Crippen molar-refractivity contribution in [3.05, 3.63) is 72.3 Å². The van der Waals surface area contributed by atoms with Gasteiger partial charge in [-0.2, -0.15) is 0 Å². The minimum Gasteiger partial charge on any atom is -0.401 e. The Morgan fingerprint density at radius 1 is 0.962 bits per heavy atom. The quantitative estimate of drug-likeness (QED) is 0.586. The Balaban J connectivity index is 2.16. The second-order valence-corrected chi connectivity index (χ2v) is 12.3. The maximum Gasteiger partial charge on any atom is 0.261 e. The SMILES string of the molecule is CC(C)(C)[Si](O[C@@H]1C=C(C=O)CCC1)(c1ccccc1)c1ccccc1. The van der Waals surface area contributed by atoms with Gasteiger partial charge in [-0.05, 0) is 40.2 Å². The van der Waals surface area contributed by atoms with Crippen molar-refractivity contribution in [1.29, 1.82) is 0 Å². The zero-order valence-corrected chi connectivity index (χ0v) is 16.9. The minimum absolute atomic E-state index is 0.00439. The molecule has 0 fully saturated rings. The number of allylic oxidation sites excluding steroid dienone is 1. The number of carbonyl (C=O) groups excluding carboxylic acids is 1. The number of hydrogen-bond donors (Lipinski definition) is 0. The first-order valence-corrected chi connectivity index (χ1v) is 11.3. The van der Waals surface area contributed by atoms with E-state index in [0.29, 0.717) is 0 Å². The summed E-state index contributed by atoms with van der Waals surface area (Å²) in [5, 5.41) is 2.53. The van der Waals surface area contributed by atoms with Crippen molar-refractivity contribution in [1.82, 2.24) is 0 Å². The van der Waals surface area contributed by atoms with Gasteiger partial charge < -0.3 is 4.43 Å². The van der Waals surface area contributed by atoms with Crippen molar-refractivity contribution in [3.63, 3.8) is 0 Å². The van der Waals surface area contributed by atoms with E-state index in [1.165, 1.54) is 10.4 Å². The van der Waals surface area contributed by atoms with Crippen LogP contribution in [0.3, 0.4) is 0 Å². The van der Waals surface area contributed by atoms with Crippen molar-refractivity contribution >= 4 is 25.0 Å². The molecule has 0 amide bonds. The van der Waals surface area contributed by atoms with Crippen molar-refractivity contribution in [3.8, 4) is 0 Å². The molecule has 0 aliphatic heterocycles. The van der Waals surface area contributed by atoms with E-state index in [1.54, 1.807) is 0 Å². The minimum atomic E-state index is -2.54. The van der Waals surface area contributed by atoms with Crippen molar-refractivity contribution < 1.29 is 9.22 Å². The van der Waals surface area contributed by atoms with E-state index >= 15 is 0 Å². The fourth-order valence-electron chi connectivity index (χ4n) is 4.02. The fraction of sp³-hybridized carbons (Fsp3) is 0.348. The lowest BCUT2D eigenvalue weighted by atomic mass is 9.99. The molecule has 1 atom stereocenters. The molecule has 0 spiro atoms. The molecule has 0 aromatic heterocycles. The Kier molecular flexibility index (Phi) is 5.59. The van der Waals surface area contributed by atoms with Gasteiger partial charge in [-0.25, -0.2) is 0 Å². The molecule has 1 aliphatic carbocycles. The topological polar surface area (TPSA) is 26.3 Å². The Bertz CT molecular complexity index is 720. The molecule has 1 aliphatic rings. The van der Waals surface area contributed by atoms with Gasteiger partial charge in [0.25, 0.3) is 8.32 Å². The van der Waals surface area contributed by atoms with Crippen LogP contribution in [0.4, 0.5) is 0 Å².